The van der Waals surface area contributed by atoms with E-state index in [1.807, 2.05) is 37.4 Å². The van der Waals surface area contributed by atoms with E-state index in [0.717, 1.165) is 23.3 Å². The summed E-state index contributed by atoms with van der Waals surface area (Å²) in [4.78, 5) is 19.0. The molecule has 1 N–H and O–H groups in total. The van der Waals surface area contributed by atoms with Crippen molar-refractivity contribution in [3.05, 3.63) is 39.7 Å². The van der Waals surface area contributed by atoms with Crippen LogP contribution in [0.4, 0.5) is 0 Å². The van der Waals surface area contributed by atoms with Crippen LogP contribution in [0, 0.1) is 24.2 Å². The highest BCUT2D eigenvalue weighted by Gasteiger charge is 2.14. The number of rotatable bonds is 6. The summed E-state index contributed by atoms with van der Waals surface area (Å²) in [6.45, 7) is 6.93. The molecule has 0 aliphatic rings. The average Bonchev–Trinajstić information content (AvgIpc) is 2.55. The number of thioether (sulfide) groups is 1. The third kappa shape index (κ3) is 4.18. The lowest BCUT2D eigenvalue weighted by Gasteiger charge is -2.12. The molecule has 0 saturated heterocycles. The van der Waals surface area contributed by atoms with Crippen LogP contribution in [0.1, 0.15) is 31.4 Å². The van der Waals surface area contributed by atoms with Gasteiger partial charge in [0.1, 0.15) is 17.4 Å². The van der Waals surface area contributed by atoms with Crippen molar-refractivity contribution in [3.8, 4) is 23.1 Å². The van der Waals surface area contributed by atoms with Crippen LogP contribution in [0.25, 0.3) is 11.3 Å². The van der Waals surface area contributed by atoms with Crippen LogP contribution in [0.15, 0.2) is 28.2 Å². The standard InChI is InChI=1S/C18H21N3O2S/c1-11(2)7-8-23-15-6-5-13(9-12(15)3)16-14(10-19)17(22)21-18(20-16)24-4/h5-6,9,11H,7-8H2,1-4H3,(H,20,21,22). The third-order valence-electron chi connectivity index (χ3n) is 3.60. The van der Waals surface area contributed by atoms with Gasteiger partial charge in [-0.05, 0) is 49.3 Å². The van der Waals surface area contributed by atoms with Crippen molar-refractivity contribution in [2.45, 2.75) is 32.3 Å². The predicted molar refractivity (Wildman–Crippen MR) is 96.5 cm³/mol. The summed E-state index contributed by atoms with van der Waals surface area (Å²) in [6.07, 6.45) is 2.82. The van der Waals surface area contributed by atoms with Crippen molar-refractivity contribution < 1.29 is 4.74 Å². The quantitative estimate of drug-likeness (QED) is 0.638. The average molecular weight is 343 g/mol. The zero-order valence-electron chi connectivity index (χ0n) is 14.3. The number of aromatic nitrogens is 2. The molecule has 0 atom stereocenters. The van der Waals surface area contributed by atoms with Gasteiger partial charge in [-0.25, -0.2) is 4.98 Å². The molecule has 0 bridgehead atoms. The van der Waals surface area contributed by atoms with Gasteiger partial charge in [0.25, 0.3) is 5.56 Å². The number of H-pyrrole nitrogens is 1. The van der Waals surface area contributed by atoms with E-state index in [2.05, 4.69) is 23.8 Å². The lowest BCUT2D eigenvalue weighted by atomic mass is 10.0. The Hall–Kier alpha value is -2.26. The zero-order chi connectivity index (χ0) is 17.7. The number of benzene rings is 1. The van der Waals surface area contributed by atoms with Crippen LogP contribution in [0.2, 0.25) is 0 Å². The highest BCUT2D eigenvalue weighted by molar-refractivity contribution is 7.98. The summed E-state index contributed by atoms with van der Waals surface area (Å²) in [6, 6.07) is 7.55. The van der Waals surface area contributed by atoms with Crippen molar-refractivity contribution in [1.29, 1.82) is 5.26 Å². The first kappa shape index (κ1) is 18.1. The molecule has 0 spiro atoms. The zero-order valence-corrected chi connectivity index (χ0v) is 15.2. The number of hydrogen-bond donors (Lipinski definition) is 1. The minimum Gasteiger partial charge on any atom is -0.493 e. The highest BCUT2D eigenvalue weighted by atomic mass is 32.2. The Bertz CT molecular complexity index is 822. The van der Waals surface area contributed by atoms with Crippen molar-refractivity contribution in [3.63, 3.8) is 0 Å². The van der Waals surface area contributed by atoms with E-state index in [9.17, 15) is 10.1 Å². The number of aromatic amines is 1. The third-order valence-corrected chi connectivity index (χ3v) is 4.18. The molecule has 1 aromatic carbocycles. The Morgan fingerprint density at radius 1 is 1.42 bits per heavy atom. The molecule has 2 aromatic rings. The van der Waals surface area contributed by atoms with E-state index in [0.29, 0.717) is 23.4 Å². The van der Waals surface area contributed by atoms with Crippen molar-refractivity contribution in [1.82, 2.24) is 9.97 Å². The maximum atomic E-state index is 12.0. The van der Waals surface area contributed by atoms with Crippen LogP contribution in [-0.2, 0) is 0 Å². The normalized spacial score (nSPS) is 10.7. The molecule has 0 saturated carbocycles. The molecule has 0 unspecified atom stereocenters. The number of nitrogens with zero attached hydrogens (tertiary/aromatic N) is 2. The van der Waals surface area contributed by atoms with Gasteiger partial charge in [-0.15, -0.1) is 0 Å². The van der Waals surface area contributed by atoms with Crippen LogP contribution < -0.4 is 10.3 Å². The molecular weight excluding hydrogens is 322 g/mol. The molecular formula is C18H21N3O2S. The van der Waals surface area contributed by atoms with E-state index < -0.39 is 5.56 Å². The predicted octanol–water partition coefficient (Wildman–Crippen LogP) is 3.76. The Balaban J connectivity index is 2.37. The van der Waals surface area contributed by atoms with Gasteiger partial charge in [0, 0.05) is 5.56 Å². The fourth-order valence-corrected chi connectivity index (χ4v) is 2.60. The van der Waals surface area contributed by atoms with Gasteiger partial charge >= 0.3 is 0 Å². The van der Waals surface area contributed by atoms with E-state index >= 15 is 0 Å². The molecule has 0 aliphatic carbocycles. The van der Waals surface area contributed by atoms with Crippen LogP contribution in [-0.4, -0.2) is 22.8 Å². The Morgan fingerprint density at radius 3 is 2.75 bits per heavy atom. The van der Waals surface area contributed by atoms with Crippen LogP contribution >= 0.6 is 11.8 Å². The number of aryl methyl sites for hydroxylation is 1. The SMILES string of the molecule is CSc1nc(-c2ccc(OCCC(C)C)c(C)c2)c(C#N)c(=O)[nH]1. The summed E-state index contributed by atoms with van der Waals surface area (Å²) in [5, 5.41) is 9.76. The number of nitrogens with one attached hydrogen (secondary N) is 1. The second-order valence-corrected chi connectivity index (χ2v) is 6.72. The van der Waals surface area contributed by atoms with Crippen molar-refractivity contribution in [2.75, 3.05) is 12.9 Å². The molecule has 0 fully saturated rings. The van der Waals surface area contributed by atoms with Gasteiger partial charge in [0.2, 0.25) is 0 Å². The maximum absolute atomic E-state index is 12.0. The molecule has 0 amide bonds. The number of nitriles is 1. The first-order chi connectivity index (χ1) is 11.5. The van der Waals surface area contributed by atoms with E-state index in [1.165, 1.54) is 11.8 Å². The van der Waals surface area contributed by atoms with Gasteiger partial charge in [-0.3, -0.25) is 4.79 Å². The largest absolute Gasteiger partial charge is 0.493 e. The van der Waals surface area contributed by atoms with E-state index in [1.54, 1.807) is 0 Å². The van der Waals surface area contributed by atoms with Crippen molar-refractivity contribution >= 4 is 11.8 Å². The highest BCUT2D eigenvalue weighted by Crippen LogP contribution is 2.27. The monoisotopic (exact) mass is 343 g/mol. The smallest absolute Gasteiger partial charge is 0.270 e. The summed E-state index contributed by atoms with van der Waals surface area (Å²) >= 11 is 1.33. The molecule has 126 valence electrons. The van der Waals surface area contributed by atoms with Gasteiger partial charge in [-0.1, -0.05) is 25.6 Å². The fraction of sp³-hybridized carbons (Fsp3) is 0.389. The molecule has 24 heavy (non-hydrogen) atoms. The maximum Gasteiger partial charge on any atom is 0.270 e. The number of hydrogen-bond acceptors (Lipinski definition) is 5. The minimum absolute atomic E-state index is 0.0284. The molecule has 5 nitrogen and oxygen atoms in total. The minimum atomic E-state index is -0.415. The van der Waals surface area contributed by atoms with Gasteiger partial charge in [0.05, 0.1) is 12.3 Å². The summed E-state index contributed by atoms with van der Waals surface area (Å²) < 4.78 is 5.81. The topological polar surface area (TPSA) is 78.8 Å². The molecule has 1 aromatic heterocycles. The summed E-state index contributed by atoms with van der Waals surface area (Å²) in [5.41, 5.74) is 1.71. The molecule has 0 radical (unpaired) electrons. The fourth-order valence-electron chi connectivity index (χ4n) is 2.23. The Morgan fingerprint density at radius 2 is 2.17 bits per heavy atom. The van der Waals surface area contributed by atoms with E-state index in [-0.39, 0.29) is 5.56 Å². The molecule has 2 rings (SSSR count). The van der Waals surface area contributed by atoms with Crippen LogP contribution in [0.3, 0.4) is 0 Å². The van der Waals surface area contributed by atoms with Crippen LogP contribution in [0.5, 0.6) is 5.75 Å². The lowest BCUT2D eigenvalue weighted by molar-refractivity contribution is 0.288. The van der Waals surface area contributed by atoms with Gasteiger partial charge in [0.15, 0.2) is 5.16 Å². The molecule has 1 heterocycles. The van der Waals surface area contributed by atoms with Crippen molar-refractivity contribution in [2.24, 2.45) is 5.92 Å². The second-order valence-electron chi connectivity index (χ2n) is 5.92. The summed E-state index contributed by atoms with van der Waals surface area (Å²) in [5.74, 6) is 1.40. The summed E-state index contributed by atoms with van der Waals surface area (Å²) in [7, 11) is 0. The molecule has 0 aliphatic heterocycles. The Labute approximate surface area is 146 Å². The first-order valence-electron chi connectivity index (χ1n) is 7.78. The lowest BCUT2D eigenvalue weighted by Crippen LogP contribution is -2.14. The van der Waals surface area contributed by atoms with Gasteiger partial charge in [-0.2, -0.15) is 5.26 Å². The first-order valence-corrected chi connectivity index (χ1v) is 9.01. The molecule has 6 heteroatoms. The second kappa shape index (κ2) is 8.02. The van der Waals surface area contributed by atoms with E-state index in [4.69, 9.17) is 4.74 Å². The van der Waals surface area contributed by atoms with Gasteiger partial charge < -0.3 is 9.72 Å². The Kier molecular flexibility index (Phi) is 6.04. The number of ether oxygens (including phenoxy) is 1.